The fourth-order valence-corrected chi connectivity index (χ4v) is 2.26. The van der Waals surface area contributed by atoms with Gasteiger partial charge in [0, 0.05) is 7.05 Å². The van der Waals surface area contributed by atoms with E-state index in [1.165, 1.54) is 19.2 Å². The number of halogens is 4. The lowest BCUT2D eigenvalue weighted by Crippen LogP contribution is -2.37. The first-order valence-electron chi connectivity index (χ1n) is 7.75. The third-order valence-electron chi connectivity index (χ3n) is 3.48. The SMILES string of the molecule is CN(CC(=O)Nc1ccccc1Cl)C(=O)COc1cccc(C(F)(F)F)c1. The highest BCUT2D eigenvalue weighted by Crippen LogP contribution is 2.31. The van der Waals surface area contributed by atoms with Crippen molar-refractivity contribution in [3.05, 3.63) is 59.1 Å². The molecule has 0 aliphatic carbocycles. The van der Waals surface area contributed by atoms with Crippen LogP contribution in [0.1, 0.15) is 5.56 Å². The quantitative estimate of drug-likeness (QED) is 0.801. The molecular weight excluding hydrogens is 385 g/mol. The number of para-hydroxylation sites is 1. The van der Waals surface area contributed by atoms with Crippen molar-refractivity contribution in [3.63, 3.8) is 0 Å². The van der Waals surface area contributed by atoms with Crippen molar-refractivity contribution in [1.29, 1.82) is 0 Å². The number of nitrogens with zero attached hydrogens (tertiary/aromatic N) is 1. The predicted molar refractivity (Wildman–Crippen MR) is 94.7 cm³/mol. The molecule has 0 spiro atoms. The Bertz CT molecular complexity index is 827. The van der Waals surface area contributed by atoms with Gasteiger partial charge in [-0.3, -0.25) is 9.59 Å². The lowest BCUT2D eigenvalue weighted by atomic mass is 10.2. The summed E-state index contributed by atoms with van der Waals surface area (Å²) in [6.45, 7) is -0.771. The molecule has 1 N–H and O–H groups in total. The first-order valence-corrected chi connectivity index (χ1v) is 8.13. The Morgan fingerprint density at radius 2 is 1.85 bits per heavy atom. The van der Waals surface area contributed by atoms with Crippen molar-refractivity contribution in [2.45, 2.75) is 6.18 Å². The lowest BCUT2D eigenvalue weighted by Gasteiger charge is -2.17. The zero-order valence-electron chi connectivity index (χ0n) is 14.2. The second-order valence-electron chi connectivity index (χ2n) is 5.59. The third-order valence-corrected chi connectivity index (χ3v) is 3.81. The second kappa shape index (κ2) is 8.77. The third kappa shape index (κ3) is 6.18. The van der Waals surface area contributed by atoms with Crippen molar-refractivity contribution >= 4 is 29.1 Å². The van der Waals surface area contributed by atoms with Gasteiger partial charge in [0.25, 0.3) is 5.91 Å². The van der Waals surface area contributed by atoms with Crippen LogP contribution in [-0.4, -0.2) is 36.9 Å². The molecule has 0 radical (unpaired) electrons. The van der Waals surface area contributed by atoms with Crippen LogP contribution in [0.5, 0.6) is 5.75 Å². The number of ether oxygens (including phenoxy) is 1. The number of nitrogens with one attached hydrogen (secondary N) is 1. The molecule has 2 aromatic rings. The molecule has 0 fully saturated rings. The molecule has 0 aliphatic rings. The standard InChI is InChI=1S/C18H16ClF3N2O3/c1-24(10-16(25)23-15-8-3-2-7-14(15)19)17(26)11-27-13-6-4-5-12(9-13)18(20,21)22/h2-9H,10-11H2,1H3,(H,23,25). The minimum absolute atomic E-state index is 0.0907. The molecule has 2 aromatic carbocycles. The maximum atomic E-state index is 12.7. The van der Waals surface area contributed by atoms with Gasteiger partial charge in [-0.25, -0.2) is 0 Å². The monoisotopic (exact) mass is 400 g/mol. The normalized spacial score (nSPS) is 11.0. The van der Waals surface area contributed by atoms with E-state index >= 15 is 0 Å². The molecule has 0 bridgehead atoms. The van der Waals surface area contributed by atoms with Crippen LogP contribution < -0.4 is 10.1 Å². The molecule has 0 aliphatic heterocycles. The fourth-order valence-electron chi connectivity index (χ4n) is 2.07. The Kier molecular flexibility index (Phi) is 6.68. The van der Waals surface area contributed by atoms with Gasteiger partial charge in [-0.1, -0.05) is 29.8 Å². The van der Waals surface area contributed by atoms with E-state index in [1.54, 1.807) is 24.3 Å². The fraction of sp³-hybridized carbons (Fsp3) is 0.222. The summed E-state index contributed by atoms with van der Waals surface area (Å²) < 4.78 is 43.1. The van der Waals surface area contributed by atoms with Crippen LogP contribution in [-0.2, 0) is 15.8 Å². The number of anilines is 1. The molecule has 9 heteroatoms. The summed E-state index contributed by atoms with van der Waals surface area (Å²) in [7, 11) is 1.38. The van der Waals surface area contributed by atoms with Crippen LogP contribution >= 0.6 is 11.6 Å². The molecule has 2 amide bonds. The molecule has 2 rings (SSSR count). The zero-order valence-corrected chi connectivity index (χ0v) is 15.0. The molecule has 0 saturated carbocycles. The van der Waals surface area contributed by atoms with E-state index in [9.17, 15) is 22.8 Å². The van der Waals surface area contributed by atoms with E-state index < -0.39 is 30.2 Å². The van der Waals surface area contributed by atoms with Crippen LogP contribution in [0.25, 0.3) is 0 Å². The molecule has 0 saturated heterocycles. The molecule has 5 nitrogen and oxygen atoms in total. The van der Waals surface area contributed by atoms with Gasteiger partial charge in [0.1, 0.15) is 5.75 Å². The Morgan fingerprint density at radius 1 is 1.15 bits per heavy atom. The smallest absolute Gasteiger partial charge is 0.416 e. The van der Waals surface area contributed by atoms with Crippen LogP contribution in [0.4, 0.5) is 18.9 Å². The first-order chi connectivity index (χ1) is 12.7. The molecular formula is C18H16ClF3N2O3. The number of amides is 2. The summed E-state index contributed by atoms with van der Waals surface area (Å²) >= 11 is 5.93. The summed E-state index contributed by atoms with van der Waals surface area (Å²) in [5, 5.41) is 2.92. The number of carbonyl (C=O) groups excluding carboxylic acids is 2. The Labute approximate surface area is 158 Å². The van der Waals surface area contributed by atoms with Gasteiger partial charge in [-0.05, 0) is 30.3 Å². The van der Waals surface area contributed by atoms with Crippen molar-refractivity contribution in [2.75, 3.05) is 25.5 Å². The van der Waals surface area contributed by atoms with E-state index in [-0.39, 0.29) is 12.3 Å². The Balaban J connectivity index is 1.87. The van der Waals surface area contributed by atoms with E-state index in [4.69, 9.17) is 16.3 Å². The first kappa shape index (κ1) is 20.6. The van der Waals surface area contributed by atoms with Gasteiger partial charge in [-0.15, -0.1) is 0 Å². The zero-order chi connectivity index (χ0) is 20.0. The maximum Gasteiger partial charge on any atom is 0.416 e. The van der Waals surface area contributed by atoms with Crippen molar-refractivity contribution in [1.82, 2.24) is 4.90 Å². The predicted octanol–water partition coefficient (Wildman–Crippen LogP) is 3.83. The van der Waals surface area contributed by atoms with Gasteiger partial charge < -0.3 is 15.0 Å². The number of likely N-dealkylation sites (N-methyl/N-ethyl adjacent to an activating group) is 1. The average Bonchev–Trinajstić information content (AvgIpc) is 2.61. The van der Waals surface area contributed by atoms with E-state index in [1.807, 2.05) is 0 Å². The number of alkyl halides is 3. The number of benzene rings is 2. The topological polar surface area (TPSA) is 58.6 Å². The number of carbonyl (C=O) groups is 2. The summed E-state index contributed by atoms with van der Waals surface area (Å²) in [5.74, 6) is -1.13. The van der Waals surface area contributed by atoms with Crippen molar-refractivity contribution in [3.8, 4) is 5.75 Å². The molecule has 0 aromatic heterocycles. The largest absolute Gasteiger partial charge is 0.484 e. The average molecular weight is 401 g/mol. The van der Waals surface area contributed by atoms with Gasteiger partial charge in [0.15, 0.2) is 6.61 Å². The highest BCUT2D eigenvalue weighted by atomic mass is 35.5. The van der Waals surface area contributed by atoms with Crippen LogP contribution in [0, 0.1) is 0 Å². The molecule has 144 valence electrons. The van der Waals surface area contributed by atoms with Gasteiger partial charge in [-0.2, -0.15) is 13.2 Å². The van der Waals surface area contributed by atoms with Crippen LogP contribution in [0.2, 0.25) is 5.02 Å². The summed E-state index contributed by atoms with van der Waals surface area (Å²) in [4.78, 5) is 25.1. The highest BCUT2D eigenvalue weighted by molar-refractivity contribution is 6.33. The van der Waals surface area contributed by atoms with E-state index in [0.29, 0.717) is 10.7 Å². The van der Waals surface area contributed by atoms with Gasteiger partial charge >= 0.3 is 6.18 Å². The minimum atomic E-state index is -4.50. The number of hydrogen-bond acceptors (Lipinski definition) is 3. The minimum Gasteiger partial charge on any atom is -0.484 e. The van der Waals surface area contributed by atoms with Crippen molar-refractivity contribution in [2.24, 2.45) is 0 Å². The summed E-state index contributed by atoms with van der Waals surface area (Å²) in [5.41, 5.74) is -0.467. The highest BCUT2D eigenvalue weighted by Gasteiger charge is 2.30. The van der Waals surface area contributed by atoms with Gasteiger partial charge in [0.05, 0.1) is 22.8 Å². The molecule has 0 atom stereocenters. The lowest BCUT2D eigenvalue weighted by molar-refractivity contribution is -0.137. The summed E-state index contributed by atoms with van der Waals surface area (Å²) in [6, 6.07) is 10.8. The van der Waals surface area contributed by atoms with E-state index in [2.05, 4.69) is 5.32 Å². The van der Waals surface area contributed by atoms with E-state index in [0.717, 1.165) is 17.0 Å². The number of rotatable bonds is 6. The Morgan fingerprint density at radius 3 is 2.52 bits per heavy atom. The van der Waals surface area contributed by atoms with Crippen molar-refractivity contribution < 1.29 is 27.5 Å². The molecule has 27 heavy (non-hydrogen) atoms. The molecule has 0 heterocycles. The summed E-state index contributed by atoms with van der Waals surface area (Å²) in [6.07, 6.45) is -4.50. The van der Waals surface area contributed by atoms with Gasteiger partial charge in [0.2, 0.25) is 5.91 Å². The number of hydrogen-bond donors (Lipinski definition) is 1. The van der Waals surface area contributed by atoms with Crippen LogP contribution in [0.15, 0.2) is 48.5 Å². The van der Waals surface area contributed by atoms with Crippen LogP contribution in [0.3, 0.4) is 0 Å². The Hall–Kier alpha value is -2.74. The second-order valence-corrected chi connectivity index (χ2v) is 6.00. The molecule has 0 unspecified atom stereocenters. The maximum absolute atomic E-state index is 12.7.